The lowest BCUT2D eigenvalue weighted by atomic mass is 9.90. The number of hydrogen-bond acceptors (Lipinski definition) is 4. The van der Waals surface area contributed by atoms with Crippen molar-refractivity contribution < 1.29 is 13.9 Å². The molecule has 7 heteroatoms. The molecule has 1 amide bonds. The van der Waals surface area contributed by atoms with Crippen LogP contribution in [0.2, 0.25) is 0 Å². The van der Waals surface area contributed by atoms with E-state index >= 15 is 0 Å². The van der Waals surface area contributed by atoms with Crippen LogP contribution in [0.1, 0.15) is 35.6 Å². The second-order valence-corrected chi connectivity index (χ2v) is 5.72. The van der Waals surface area contributed by atoms with E-state index in [1.54, 1.807) is 24.5 Å². The number of rotatable bonds is 4. The molecule has 24 heavy (non-hydrogen) atoms. The fourth-order valence-electron chi connectivity index (χ4n) is 2.87. The standard InChI is InChI=1S/C17H17FN4O2/c18-15-6-11(3-4-12(15)7-19)8-20-17(23)14-2-1-5-24-16(14)13-9-21-22-10-13/h3-4,6,9-10,14,16H,1-2,5,8H2,(H,20,23)(H,21,22)/t14-,16+/m1/s1. The second-order valence-electron chi connectivity index (χ2n) is 5.72. The minimum absolute atomic E-state index is 0.00854. The number of amides is 1. The predicted molar refractivity (Wildman–Crippen MR) is 83.0 cm³/mol. The Morgan fingerprint density at radius 2 is 2.42 bits per heavy atom. The maximum atomic E-state index is 13.6. The summed E-state index contributed by atoms with van der Waals surface area (Å²) in [6.07, 6.45) is 4.61. The fraction of sp³-hybridized carbons (Fsp3) is 0.353. The number of nitriles is 1. The van der Waals surface area contributed by atoms with Crippen molar-refractivity contribution in [2.45, 2.75) is 25.5 Å². The lowest BCUT2D eigenvalue weighted by molar-refractivity contribution is -0.134. The van der Waals surface area contributed by atoms with Crippen LogP contribution in [0.4, 0.5) is 4.39 Å². The summed E-state index contributed by atoms with van der Waals surface area (Å²) < 4.78 is 19.4. The van der Waals surface area contributed by atoms with Crippen molar-refractivity contribution in [2.75, 3.05) is 6.61 Å². The highest BCUT2D eigenvalue weighted by molar-refractivity contribution is 5.79. The van der Waals surface area contributed by atoms with Crippen LogP contribution >= 0.6 is 0 Å². The van der Waals surface area contributed by atoms with Crippen LogP contribution in [0.5, 0.6) is 0 Å². The number of carbonyl (C=O) groups is 1. The van der Waals surface area contributed by atoms with Crippen LogP contribution in [0.3, 0.4) is 0 Å². The largest absolute Gasteiger partial charge is 0.373 e. The number of halogens is 1. The van der Waals surface area contributed by atoms with E-state index in [4.69, 9.17) is 10.00 Å². The zero-order valence-electron chi connectivity index (χ0n) is 13.0. The van der Waals surface area contributed by atoms with Gasteiger partial charge in [-0.3, -0.25) is 9.89 Å². The van der Waals surface area contributed by atoms with Gasteiger partial charge in [0.15, 0.2) is 0 Å². The molecule has 1 fully saturated rings. The van der Waals surface area contributed by atoms with Gasteiger partial charge >= 0.3 is 0 Å². The molecule has 1 aromatic carbocycles. The number of carbonyl (C=O) groups excluding carboxylic acids is 1. The zero-order chi connectivity index (χ0) is 16.9. The van der Waals surface area contributed by atoms with E-state index in [1.165, 1.54) is 12.1 Å². The molecule has 2 N–H and O–H groups in total. The quantitative estimate of drug-likeness (QED) is 0.900. The van der Waals surface area contributed by atoms with Gasteiger partial charge in [0.05, 0.1) is 23.8 Å². The van der Waals surface area contributed by atoms with Gasteiger partial charge < -0.3 is 10.1 Å². The van der Waals surface area contributed by atoms with Gasteiger partial charge in [-0.1, -0.05) is 6.07 Å². The third-order valence-corrected chi connectivity index (χ3v) is 4.13. The lowest BCUT2D eigenvalue weighted by Gasteiger charge is -2.30. The van der Waals surface area contributed by atoms with E-state index < -0.39 is 5.82 Å². The third kappa shape index (κ3) is 3.44. The number of aromatic nitrogens is 2. The molecular formula is C17H17FN4O2. The molecule has 0 spiro atoms. The molecule has 3 rings (SSSR count). The Hall–Kier alpha value is -2.72. The highest BCUT2D eigenvalue weighted by Crippen LogP contribution is 2.33. The number of hydrogen-bond donors (Lipinski definition) is 2. The zero-order valence-corrected chi connectivity index (χ0v) is 13.0. The number of benzene rings is 1. The number of aromatic amines is 1. The van der Waals surface area contributed by atoms with Crippen molar-refractivity contribution in [3.05, 3.63) is 53.1 Å². The first kappa shape index (κ1) is 16.1. The molecule has 0 radical (unpaired) electrons. The van der Waals surface area contributed by atoms with E-state index in [9.17, 15) is 9.18 Å². The number of nitrogens with zero attached hydrogens (tertiary/aromatic N) is 2. The van der Waals surface area contributed by atoms with E-state index in [-0.39, 0.29) is 30.0 Å². The molecule has 124 valence electrons. The van der Waals surface area contributed by atoms with Crippen molar-refractivity contribution in [3.63, 3.8) is 0 Å². The van der Waals surface area contributed by atoms with Gasteiger partial charge in [-0.05, 0) is 30.5 Å². The number of H-pyrrole nitrogens is 1. The van der Waals surface area contributed by atoms with E-state index in [1.807, 2.05) is 0 Å². The molecule has 1 aromatic heterocycles. The van der Waals surface area contributed by atoms with Crippen molar-refractivity contribution in [1.29, 1.82) is 5.26 Å². The van der Waals surface area contributed by atoms with Gasteiger partial charge in [-0.15, -0.1) is 0 Å². The third-order valence-electron chi connectivity index (χ3n) is 4.13. The molecule has 0 saturated carbocycles. The topological polar surface area (TPSA) is 90.8 Å². The molecule has 0 unspecified atom stereocenters. The van der Waals surface area contributed by atoms with Crippen LogP contribution in [0, 0.1) is 23.1 Å². The normalized spacial score (nSPS) is 20.3. The molecule has 2 heterocycles. The molecule has 1 aliphatic heterocycles. The maximum absolute atomic E-state index is 13.6. The Morgan fingerprint density at radius 1 is 1.54 bits per heavy atom. The maximum Gasteiger partial charge on any atom is 0.226 e. The highest BCUT2D eigenvalue weighted by Gasteiger charge is 2.33. The van der Waals surface area contributed by atoms with Crippen molar-refractivity contribution >= 4 is 5.91 Å². The molecular weight excluding hydrogens is 311 g/mol. The monoisotopic (exact) mass is 328 g/mol. The molecule has 6 nitrogen and oxygen atoms in total. The molecule has 2 atom stereocenters. The van der Waals surface area contributed by atoms with Crippen LogP contribution in [-0.4, -0.2) is 22.7 Å². The van der Waals surface area contributed by atoms with Crippen LogP contribution < -0.4 is 5.32 Å². The Kier molecular flexibility index (Phi) is 4.87. The summed E-state index contributed by atoms with van der Waals surface area (Å²) in [6, 6.07) is 6.08. The summed E-state index contributed by atoms with van der Waals surface area (Å²) in [5, 5.41) is 18.2. The van der Waals surface area contributed by atoms with Gasteiger partial charge in [0.1, 0.15) is 11.9 Å². The number of nitrogens with one attached hydrogen (secondary N) is 2. The summed E-state index contributed by atoms with van der Waals surface area (Å²) in [5.74, 6) is -1.02. The number of ether oxygens (including phenoxy) is 1. The average molecular weight is 328 g/mol. The highest BCUT2D eigenvalue weighted by atomic mass is 19.1. The SMILES string of the molecule is N#Cc1ccc(CNC(=O)[C@@H]2CCCO[C@H]2c2cn[nH]c2)cc1F. The summed E-state index contributed by atoms with van der Waals surface area (Å²) in [6.45, 7) is 0.816. The van der Waals surface area contributed by atoms with Crippen molar-refractivity contribution in [1.82, 2.24) is 15.5 Å². The molecule has 1 aliphatic rings. The van der Waals surface area contributed by atoms with Gasteiger partial charge in [-0.25, -0.2) is 4.39 Å². The smallest absolute Gasteiger partial charge is 0.226 e. The molecule has 0 bridgehead atoms. The van der Waals surface area contributed by atoms with Crippen LogP contribution in [0.15, 0.2) is 30.6 Å². The van der Waals surface area contributed by atoms with Gasteiger partial charge in [-0.2, -0.15) is 10.4 Å². The molecule has 2 aromatic rings. The van der Waals surface area contributed by atoms with Crippen LogP contribution in [-0.2, 0) is 16.1 Å². The minimum Gasteiger partial charge on any atom is -0.373 e. The summed E-state index contributed by atoms with van der Waals surface area (Å²) in [4.78, 5) is 12.5. The van der Waals surface area contributed by atoms with Crippen molar-refractivity contribution in [2.24, 2.45) is 5.92 Å². The van der Waals surface area contributed by atoms with Gasteiger partial charge in [0.25, 0.3) is 0 Å². The Morgan fingerprint density at radius 3 is 3.12 bits per heavy atom. The molecule has 1 saturated heterocycles. The van der Waals surface area contributed by atoms with Gasteiger partial charge in [0, 0.05) is 24.9 Å². The van der Waals surface area contributed by atoms with Crippen LogP contribution in [0.25, 0.3) is 0 Å². The first-order chi connectivity index (χ1) is 11.7. The van der Waals surface area contributed by atoms with E-state index in [0.717, 1.165) is 18.4 Å². The summed E-state index contributed by atoms with van der Waals surface area (Å²) >= 11 is 0. The fourth-order valence-corrected chi connectivity index (χ4v) is 2.87. The minimum atomic E-state index is -0.582. The first-order valence-corrected chi connectivity index (χ1v) is 7.75. The Bertz CT molecular complexity index is 754. The van der Waals surface area contributed by atoms with E-state index in [2.05, 4.69) is 15.5 Å². The second kappa shape index (κ2) is 7.23. The summed E-state index contributed by atoms with van der Waals surface area (Å²) in [7, 11) is 0. The summed E-state index contributed by atoms with van der Waals surface area (Å²) in [5.41, 5.74) is 1.45. The Labute approximate surface area is 138 Å². The van der Waals surface area contributed by atoms with Gasteiger partial charge in [0.2, 0.25) is 5.91 Å². The predicted octanol–water partition coefficient (Wildman–Crippen LogP) is 2.20. The average Bonchev–Trinajstić information content (AvgIpc) is 3.14. The lowest BCUT2D eigenvalue weighted by Crippen LogP contribution is -2.37. The van der Waals surface area contributed by atoms with E-state index in [0.29, 0.717) is 12.2 Å². The molecule has 0 aliphatic carbocycles. The first-order valence-electron chi connectivity index (χ1n) is 7.75. The Balaban J connectivity index is 1.65. The van der Waals surface area contributed by atoms with Crippen molar-refractivity contribution in [3.8, 4) is 6.07 Å².